The molecule has 88 valence electrons. The van der Waals surface area contributed by atoms with Gasteiger partial charge in [0.2, 0.25) is 0 Å². The Morgan fingerprint density at radius 3 is 2.44 bits per heavy atom. The molecule has 1 unspecified atom stereocenters. The van der Waals surface area contributed by atoms with Gasteiger partial charge in [0.1, 0.15) is 11.6 Å². The van der Waals surface area contributed by atoms with Gasteiger partial charge in [-0.05, 0) is 17.7 Å². The Labute approximate surface area is 96.7 Å². The number of halogens is 2. The van der Waals surface area contributed by atoms with Crippen molar-refractivity contribution < 1.29 is 18.7 Å². The molecule has 1 aromatic carbocycles. The van der Waals surface area contributed by atoms with E-state index in [-0.39, 0.29) is 11.7 Å². The number of hydrogen-bond donors (Lipinski definition) is 1. The Morgan fingerprint density at radius 2 is 1.94 bits per heavy atom. The SMILES string of the molecule is CC(CC(=O)O)SCc1cc(F)cc(F)c1. The van der Waals surface area contributed by atoms with E-state index in [2.05, 4.69) is 0 Å². The van der Waals surface area contributed by atoms with Crippen molar-refractivity contribution in [2.75, 3.05) is 0 Å². The van der Waals surface area contributed by atoms with Crippen molar-refractivity contribution in [2.24, 2.45) is 0 Å². The molecule has 1 N–H and O–H groups in total. The van der Waals surface area contributed by atoms with Gasteiger partial charge in [0.25, 0.3) is 0 Å². The summed E-state index contributed by atoms with van der Waals surface area (Å²) in [6.07, 6.45) is 0.0441. The van der Waals surface area contributed by atoms with Crippen LogP contribution in [0.4, 0.5) is 8.78 Å². The highest BCUT2D eigenvalue weighted by Crippen LogP contribution is 2.21. The molecule has 16 heavy (non-hydrogen) atoms. The van der Waals surface area contributed by atoms with Gasteiger partial charge in [-0.25, -0.2) is 8.78 Å². The molecule has 0 aliphatic carbocycles. The molecule has 0 aliphatic heterocycles. The minimum Gasteiger partial charge on any atom is -0.481 e. The summed E-state index contributed by atoms with van der Waals surface area (Å²) in [4.78, 5) is 10.4. The van der Waals surface area contributed by atoms with Crippen LogP contribution in [0.3, 0.4) is 0 Å². The molecule has 1 aromatic rings. The van der Waals surface area contributed by atoms with Crippen molar-refractivity contribution in [2.45, 2.75) is 24.3 Å². The van der Waals surface area contributed by atoms with Gasteiger partial charge in [0.15, 0.2) is 0 Å². The van der Waals surface area contributed by atoms with E-state index in [9.17, 15) is 13.6 Å². The lowest BCUT2D eigenvalue weighted by atomic mass is 10.2. The predicted molar refractivity (Wildman–Crippen MR) is 59.4 cm³/mol. The molecule has 0 heterocycles. The molecule has 0 spiro atoms. The minimum atomic E-state index is -0.870. The fraction of sp³-hybridized carbons (Fsp3) is 0.364. The number of hydrogen-bond acceptors (Lipinski definition) is 2. The van der Waals surface area contributed by atoms with Gasteiger partial charge in [-0.15, -0.1) is 0 Å². The van der Waals surface area contributed by atoms with Crippen molar-refractivity contribution in [3.8, 4) is 0 Å². The zero-order chi connectivity index (χ0) is 12.1. The number of carbonyl (C=O) groups is 1. The fourth-order valence-corrected chi connectivity index (χ4v) is 2.14. The van der Waals surface area contributed by atoms with Crippen LogP contribution in [0.25, 0.3) is 0 Å². The molecule has 0 saturated carbocycles. The van der Waals surface area contributed by atoms with Gasteiger partial charge in [-0.1, -0.05) is 6.92 Å². The number of benzene rings is 1. The van der Waals surface area contributed by atoms with Crippen molar-refractivity contribution in [3.05, 3.63) is 35.4 Å². The van der Waals surface area contributed by atoms with Gasteiger partial charge >= 0.3 is 5.97 Å². The Kier molecular flexibility index (Phi) is 4.73. The number of thioether (sulfide) groups is 1. The van der Waals surface area contributed by atoms with Crippen LogP contribution in [0, 0.1) is 11.6 Å². The number of carboxylic acids is 1. The summed E-state index contributed by atoms with van der Waals surface area (Å²) in [7, 11) is 0. The van der Waals surface area contributed by atoms with Crippen LogP contribution in [0.2, 0.25) is 0 Å². The predicted octanol–water partition coefficient (Wildman–Crippen LogP) is 3.06. The summed E-state index contributed by atoms with van der Waals surface area (Å²) in [5.41, 5.74) is 0.528. The van der Waals surface area contributed by atoms with E-state index >= 15 is 0 Å². The standard InChI is InChI=1S/C11H12F2O2S/c1-7(2-11(14)15)16-6-8-3-9(12)5-10(13)4-8/h3-5,7H,2,6H2,1H3,(H,14,15). The topological polar surface area (TPSA) is 37.3 Å². The molecule has 1 rings (SSSR count). The molecule has 5 heteroatoms. The summed E-state index contributed by atoms with van der Waals surface area (Å²) in [6, 6.07) is 3.32. The van der Waals surface area contributed by atoms with E-state index in [4.69, 9.17) is 5.11 Å². The summed E-state index contributed by atoms with van der Waals surface area (Å²) < 4.78 is 25.6. The van der Waals surface area contributed by atoms with E-state index < -0.39 is 17.6 Å². The molecular weight excluding hydrogens is 234 g/mol. The van der Waals surface area contributed by atoms with Crippen LogP contribution in [0.1, 0.15) is 18.9 Å². The number of aliphatic carboxylic acids is 1. The second-order valence-corrected chi connectivity index (χ2v) is 4.92. The Morgan fingerprint density at radius 1 is 1.38 bits per heavy atom. The zero-order valence-corrected chi connectivity index (χ0v) is 9.56. The van der Waals surface area contributed by atoms with Gasteiger partial charge in [0.05, 0.1) is 6.42 Å². The Bertz CT molecular complexity index is 362. The van der Waals surface area contributed by atoms with Crippen molar-refractivity contribution in [3.63, 3.8) is 0 Å². The van der Waals surface area contributed by atoms with Gasteiger partial charge in [0, 0.05) is 17.1 Å². The molecule has 0 saturated heterocycles. The highest BCUT2D eigenvalue weighted by atomic mass is 32.2. The van der Waals surface area contributed by atoms with Crippen molar-refractivity contribution in [1.29, 1.82) is 0 Å². The molecule has 0 amide bonds. The first kappa shape index (κ1) is 13.0. The first-order valence-corrected chi connectivity index (χ1v) is 5.80. The van der Waals surface area contributed by atoms with Crippen LogP contribution in [0.5, 0.6) is 0 Å². The quantitative estimate of drug-likeness (QED) is 0.867. The summed E-state index contributed by atoms with van der Waals surface area (Å²) in [5.74, 6) is -1.68. The van der Waals surface area contributed by atoms with Crippen LogP contribution in [-0.4, -0.2) is 16.3 Å². The molecule has 0 aliphatic rings. The van der Waals surface area contributed by atoms with Crippen LogP contribution in [0.15, 0.2) is 18.2 Å². The van der Waals surface area contributed by atoms with E-state index in [0.717, 1.165) is 6.07 Å². The number of rotatable bonds is 5. The fourth-order valence-electron chi connectivity index (χ4n) is 1.24. The average Bonchev–Trinajstić information content (AvgIpc) is 2.12. The lowest BCUT2D eigenvalue weighted by molar-refractivity contribution is -0.136. The molecular formula is C11H12F2O2S. The van der Waals surface area contributed by atoms with Gasteiger partial charge < -0.3 is 5.11 Å². The molecule has 1 atom stereocenters. The third-order valence-corrected chi connectivity index (χ3v) is 3.15. The third-order valence-electron chi connectivity index (χ3n) is 1.92. The molecule has 0 fully saturated rings. The maximum atomic E-state index is 12.8. The average molecular weight is 246 g/mol. The van der Waals surface area contributed by atoms with Crippen molar-refractivity contribution in [1.82, 2.24) is 0 Å². The summed E-state index contributed by atoms with van der Waals surface area (Å²) in [6.45, 7) is 1.77. The van der Waals surface area contributed by atoms with Crippen molar-refractivity contribution >= 4 is 17.7 Å². The molecule has 0 radical (unpaired) electrons. The normalized spacial score (nSPS) is 12.4. The lowest BCUT2D eigenvalue weighted by Gasteiger charge is -2.08. The highest BCUT2D eigenvalue weighted by molar-refractivity contribution is 7.99. The maximum absolute atomic E-state index is 12.8. The Hall–Kier alpha value is -1.10. The maximum Gasteiger partial charge on any atom is 0.304 e. The second-order valence-electron chi connectivity index (χ2n) is 3.50. The third kappa shape index (κ3) is 4.61. The number of carboxylic acid groups (broad SMARTS) is 1. The molecule has 2 nitrogen and oxygen atoms in total. The second kappa shape index (κ2) is 5.84. The van der Waals surface area contributed by atoms with Crippen LogP contribution >= 0.6 is 11.8 Å². The zero-order valence-electron chi connectivity index (χ0n) is 8.74. The van der Waals surface area contributed by atoms with E-state index in [1.165, 1.54) is 23.9 Å². The van der Waals surface area contributed by atoms with E-state index in [0.29, 0.717) is 11.3 Å². The summed E-state index contributed by atoms with van der Waals surface area (Å²) in [5, 5.41) is 8.46. The lowest BCUT2D eigenvalue weighted by Crippen LogP contribution is -2.05. The van der Waals surface area contributed by atoms with Gasteiger partial charge in [-0.3, -0.25) is 4.79 Å². The minimum absolute atomic E-state index is 0.0441. The highest BCUT2D eigenvalue weighted by Gasteiger charge is 2.09. The summed E-state index contributed by atoms with van der Waals surface area (Å²) >= 11 is 1.36. The Balaban J connectivity index is 2.51. The molecule has 0 bridgehead atoms. The largest absolute Gasteiger partial charge is 0.481 e. The first-order chi connectivity index (χ1) is 7.47. The molecule has 0 aromatic heterocycles. The van der Waals surface area contributed by atoms with Crippen LogP contribution < -0.4 is 0 Å². The van der Waals surface area contributed by atoms with E-state index in [1.807, 2.05) is 0 Å². The smallest absolute Gasteiger partial charge is 0.304 e. The van der Waals surface area contributed by atoms with Gasteiger partial charge in [-0.2, -0.15) is 11.8 Å². The monoisotopic (exact) mass is 246 g/mol. The van der Waals surface area contributed by atoms with Crippen LogP contribution in [-0.2, 0) is 10.5 Å². The van der Waals surface area contributed by atoms with E-state index in [1.54, 1.807) is 6.92 Å². The first-order valence-electron chi connectivity index (χ1n) is 4.75.